The van der Waals surface area contributed by atoms with Crippen molar-refractivity contribution in [3.8, 4) is 12.3 Å². The van der Waals surface area contributed by atoms with Gasteiger partial charge in [-0.15, -0.1) is 17.8 Å². The average Bonchev–Trinajstić information content (AvgIpc) is 2.94. The Hall–Kier alpha value is -2.58. The quantitative estimate of drug-likeness (QED) is 0.829. The van der Waals surface area contributed by atoms with E-state index in [1.165, 1.54) is 16.9 Å². The summed E-state index contributed by atoms with van der Waals surface area (Å²) in [6.45, 7) is 4.20. The van der Waals surface area contributed by atoms with Gasteiger partial charge in [0.1, 0.15) is 0 Å². The number of terminal acetylenes is 1. The molecule has 0 fully saturated rings. The fourth-order valence-electron chi connectivity index (χ4n) is 2.18. The van der Waals surface area contributed by atoms with Crippen LogP contribution in [0.5, 0.6) is 0 Å². The van der Waals surface area contributed by atoms with Crippen molar-refractivity contribution in [1.29, 1.82) is 0 Å². The lowest BCUT2D eigenvalue weighted by Crippen LogP contribution is -2.25. The molecule has 0 unspecified atom stereocenters. The maximum Gasteiger partial charge on any atom is 0.265 e. The van der Waals surface area contributed by atoms with Gasteiger partial charge in [0.15, 0.2) is 0 Å². The van der Waals surface area contributed by atoms with Crippen LogP contribution >= 0.6 is 11.3 Å². The molecule has 0 saturated heterocycles. The lowest BCUT2D eigenvalue weighted by Gasteiger charge is -2.09. The lowest BCUT2D eigenvalue weighted by atomic mass is 10.1. The van der Waals surface area contributed by atoms with Gasteiger partial charge in [0.05, 0.1) is 22.7 Å². The third-order valence-electron chi connectivity index (χ3n) is 3.40. The minimum Gasteiger partial charge on any atom is -0.341 e. The number of aryl methyl sites for hydroxylation is 2. The van der Waals surface area contributed by atoms with E-state index in [0.717, 1.165) is 11.3 Å². The monoisotopic (exact) mass is 326 g/mol. The highest BCUT2D eigenvalue weighted by Crippen LogP contribution is 2.24. The standard InChI is InChI=1S/C18H18N2O2S/c1-4-10-19-17(21)14-8-6-7-9-15(14)20-18(22)16-11-13(5-2)12(3)23-16/h1,6-9,11H,5,10H2,2-3H3,(H,19,21)(H,20,22). The van der Waals surface area contributed by atoms with E-state index in [1.54, 1.807) is 24.3 Å². The van der Waals surface area contributed by atoms with Crippen LogP contribution < -0.4 is 10.6 Å². The van der Waals surface area contributed by atoms with Gasteiger partial charge >= 0.3 is 0 Å². The summed E-state index contributed by atoms with van der Waals surface area (Å²) in [5.41, 5.74) is 2.02. The van der Waals surface area contributed by atoms with Gasteiger partial charge in [0.2, 0.25) is 0 Å². The first-order chi connectivity index (χ1) is 11.1. The number of hydrogen-bond acceptors (Lipinski definition) is 3. The van der Waals surface area contributed by atoms with Gasteiger partial charge in [-0.25, -0.2) is 0 Å². The fraction of sp³-hybridized carbons (Fsp3) is 0.222. The predicted molar refractivity (Wildman–Crippen MR) is 94.0 cm³/mol. The molecule has 0 atom stereocenters. The van der Waals surface area contributed by atoms with E-state index in [-0.39, 0.29) is 18.4 Å². The van der Waals surface area contributed by atoms with Gasteiger partial charge in [-0.05, 0) is 37.1 Å². The molecule has 0 bridgehead atoms. The molecule has 0 radical (unpaired) electrons. The van der Waals surface area contributed by atoms with Crippen molar-refractivity contribution in [3.05, 3.63) is 51.2 Å². The minimum absolute atomic E-state index is 0.144. The Morgan fingerprint density at radius 3 is 2.65 bits per heavy atom. The van der Waals surface area contributed by atoms with Crippen LogP contribution in [0, 0.1) is 19.3 Å². The molecule has 2 N–H and O–H groups in total. The van der Waals surface area contributed by atoms with E-state index in [0.29, 0.717) is 16.1 Å². The van der Waals surface area contributed by atoms with Crippen molar-refractivity contribution in [2.75, 3.05) is 11.9 Å². The average molecular weight is 326 g/mol. The Morgan fingerprint density at radius 1 is 1.26 bits per heavy atom. The number of carbonyl (C=O) groups is 2. The Kier molecular flexibility index (Phi) is 5.56. The van der Waals surface area contributed by atoms with Gasteiger partial charge in [-0.2, -0.15) is 0 Å². The fourth-order valence-corrected chi connectivity index (χ4v) is 3.19. The summed E-state index contributed by atoms with van der Waals surface area (Å²) in [6.07, 6.45) is 6.04. The molecule has 23 heavy (non-hydrogen) atoms. The van der Waals surface area contributed by atoms with Crippen LogP contribution in [0.15, 0.2) is 30.3 Å². The molecule has 4 nitrogen and oxygen atoms in total. The SMILES string of the molecule is C#CCNC(=O)c1ccccc1NC(=O)c1cc(CC)c(C)s1. The van der Waals surface area contributed by atoms with Crippen molar-refractivity contribution in [1.82, 2.24) is 5.32 Å². The lowest BCUT2D eigenvalue weighted by molar-refractivity contribution is 0.0959. The highest BCUT2D eigenvalue weighted by Gasteiger charge is 2.16. The first-order valence-electron chi connectivity index (χ1n) is 7.28. The molecule has 1 aromatic heterocycles. The van der Waals surface area contributed by atoms with Gasteiger partial charge in [-0.1, -0.05) is 25.0 Å². The molecule has 2 amide bonds. The zero-order valence-corrected chi connectivity index (χ0v) is 13.9. The molecule has 0 saturated carbocycles. The van der Waals surface area contributed by atoms with E-state index < -0.39 is 0 Å². The summed E-state index contributed by atoms with van der Waals surface area (Å²) in [6, 6.07) is 8.76. The molecule has 1 aromatic carbocycles. The van der Waals surface area contributed by atoms with Gasteiger partial charge in [-0.3, -0.25) is 9.59 Å². The Labute approximate surface area is 139 Å². The normalized spacial score (nSPS) is 9.96. The number of benzene rings is 1. The number of carbonyl (C=O) groups excluding carboxylic acids is 2. The zero-order chi connectivity index (χ0) is 16.8. The van der Waals surface area contributed by atoms with E-state index in [2.05, 4.69) is 23.5 Å². The molecule has 0 aliphatic carbocycles. The first-order valence-corrected chi connectivity index (χ1v) is 8.09. The first kappa shape index (κ1) is 16.8. The van der Waals surface area contributed by atoms with Gasteiger partial charge < -0.3 is 10.6 Å². The van der Waals surface area contributed by atoms with Crippen LogP contribution in [0.4, 0.5) is 5.69 Å². The Morgan fingerprint density at radius 2 is 2.00 bits per heavy atom. The van der Waals surface area contributed by atoms with Crippen molar-refractivity contribution in [3.63, 3.8) is 0 Å². The number of thiophene rings is 1. The number of rotatable bonds is 5. The highest BCUT2D eigenvalue weighted by atomic mass is 32.1. The largest absolute Gasteiger partial charge is 0.341 e. The predicted octanol–water partition coefficient (Wildman–Crippen LogP) is 3.23. The summed E-state index contributed by atoms with van der Waals surface area (Å²) in [5.74, 6) is 1.83. The van der Waals surface area contributed by atoms with Crippen LogP contribution in [0.25, 0.3) is 0 Å². The Balaban J connectivity index is 2.21. The summed E-state index contributed by atoms with van der Waals surface area (Å²) in [5, 5.41) is 5.41. The van der Waals surface area contributed by atoms with Gasteiger partial charge in [0.25, 0.3) is 11.8 Å². The topological polar surface area (TPSA) is 58.2 Å². The van der Waals surface area contributed by atoms with Crippen LogP contribution in [-0.4, -0.2) is 18.4 Å². The maximum atomic E-state index is 12.4. The number of hydrogen-bond donors (Lipinski definition) is 2. The molecule has 1 heterocycles. The van der Waals surface area contributed by atoms with Crippen LogP contribution in [0.3, 0.4) is 0 Å². The summed E-state index contributed by atoms with van der Waals surface area (Å²) >= 11 is 1.46. The third kappa shape index (κ3) is 3.99. The van der Waals surface area contributed by atoms with Crippen molar-refractivity contribution >= 4 is 28.8 Å². The second kappa shape index (κ2) is 7.61. The molecular weight excluding hydrogens is 308 g/mol. The second-order valence-electron chi connectivity index (χ2n) is 4.93. The summed E-state index contributed by atoms with van der Waals surface area (Å²) in [7, 11) is 0. The third-order valence-corrected chi connectivity index (χ3v) is 4.49. The molecular formula is C18H18N2O2S. The van der Waals surface area contributed by atoms with E-state index in [4.69, 9.17) is 6.42 Å². The number of amides is 2. The molecule has 2 aromatic rings. The van der Waals surface area contributed by atoms with E-state index in [9.17, 15) is 9.59 Å². The molecule has 0 aliphatic rings. The van der Waals surface area contributed by atoms with Crippen LogP contribution in [-0.2, 0) is 6.42 Å². The zero-order valence-electron chi connectivity index (χ0n) is 13.1. The molecule has 118 valence electrons. The van der Waals surface area contributed by atoms with Crippen LogP contribution in [0.2, 0.25) is 0 Å². The van der Waals surface area contributed by atoms with E-state index >= 15 is 0 Å². The maximum absolute atomic E-state index is 12.4. The number of para-hydroxylation sites is 1. The number of nitrogens with one attached hydrogen (secondary N) is 2. The van der Waals surface area contributed by atoms with Gasteiger partial charge in [0, 0.05) is 4.88 Å². The van der Waals surface area contributed by atoms with Crippen LogP contribution in [0.1, 0.15) is 37.4 Å². The van der Waals surface area contributed by atoms with Crippen molar-refractivity contribution in [2.45, 2.75) is 20.3 Å². The number of anilines is 1. The summed E-state index contributed by atoms with van der Waals surface area (Å²) in [4.78, 5) is 26.3. The molecule has 0 spiro atoms. The molecule has 5 heteroatoms. The highest BCUT2D eigenvalue weighted by molar-refractivity contribution is 7.14. The van der Waals surface area contributed by atoms with E-state index in [1.807, 2.05) is 13.0 Å². The smallest absolute Gasteiger partial charge is 0.265 e. The van der Waals surface area contributed by atoms with Crippen molar-refractivity contribution < 1.29 is 9.59 Å². The molecule has 0 aliphatic heterocycles. The second-order valence-corrected chi connectivity index (χ2v) is 6.19. The molecule has 2 rings (SSSR count). The summed E-state index contributed by atoms with van der Waals surface area (Å²) < 4.78 is 0. The van der Waals surface area contributed by atoms with Crippen molar-refractivity contribution in [2.24, 2.45) is 0 Å². The Bertz CT molecular complexity index is 772. The minimum atomic E-state index is -0.310.